The van der Waals surface area contributed by atoms with Gasteiger partial charge in [0.25, 0.3) is 0 Å². The van der Waals surface area contributed by atoms with E-state index in [1.54, 1.807) is 31.2 Å². The topological polar surface area (TPSA) is 66.5 Å². The number of sulfonamides is 1. The van der Waals surface area contributed by atoms with Crippen LogP contribution in [0, 0.1) is 6.92 Å². The lowest BCUT2D eigenvalue weighted by molar-refractivity contribution is -0.122. The van der Waals surface area contributed by atoms with Crippen LogP contribution in [0.5, 0.6) is 0 Å². The maximum Gasteiger partial charge on any atom is 0.243 e. The summed E-state index contributed by atoms with van der Waals surface area (Å²) in [4.78, 5) is 12.5. The van der Waals surface area contributed by atoms with E-state index in [9.17, 15) is 13.2 Å². The highest BCUT2D eigenvalue weighted by atomic mass is 32.2. The Bertz CT molecular complexity index is 633. The number of nitrogens with zero attached hydrogens (tertiary/aromatic N) is 1. The standard InChI is InChI=1S/C18H28N2O3S/c1-3-20(24(22,23)17-12-10-15(2)11-13-17)14-18(21)19-16-8-6-4-5-7-9-16/h10-13,16H,3-9,14H2,1-2H3,(H,19,21). The maximum atomic E-state index is 12.7. The molecule has 134 valence electrons. The van der Waals surface area contributed by atoms with Gasteiger partial charge >= 0.3 is 0 Å². The number of rotatable bonds is 6. The SMILES string of the molecule is CCN(CC(=O)NC1CCCCCC1)S(=O)(=O)c1ccc(C)cc1. The minimum atomic E-state index is -3.64. The average Bonchev–Trinajstić information content (AvgIpc) is 2.81. The molecule has 0 aromatic heterocycles. The monoisotopic (exact) mass is 352 g/mol. The summed E-state index contributed by atoms with van der Waals surface area (Å²) in [6, 6.07) is 6.91. The fourth-order valence-corrected chi connectivity index (χ4v) is 4.49. The van der Waals surface area contributed by atoms with Crippen molar-refractivity contribution >= 4 is 15.9 Å². The first-order valence-electron chi connectivity index (χ1n) is 8.79. The fourth-order valence-electron chi connectivity index (χ4n) is 3.08. The lowest BCUT2D eigenvalue weighted by Crippen LogP contribution is -2.44. The van der Waals surface area contributed by atoms with Crippen molar-refractivity contribution in [3.8, 4) is 0 Å². The van der Waals surface area contributed by atoms with Crippen molar-refractivity contribution in [3.05, 3.63) is 29.8 Å². The largest absolute Gasteiger partial charge is 0.352 e. The fraction of sp³-hybridized carbons (Fsp3) is 0.611. The molecule has 0 atom stereocenters. The van der Waals surface area contributed by atoms with Gasteiger partial charge in [-0.15, -0.1) is 0 Å². The Balaban J connectivity index is 2.02. The van der Waals surface area contributed by atoms with E-state index in [0.29, 0.717) is 0 Å². The highest BCUT2D eigenvalue weighted by Gasteiger charge is 2.26. The third-order valence-corrected chi connectivity index (χ3v) is 6.49. The Morgan fingerprint density at radius 1 is 1.12 bits per heavy atom. The van der Waals surface area contributed by atoms with E-state index < -0.39 is 10.0 Å². The second-order valence-corrected chi connectivity index (χ2v) is 8.44. The van der Waals surface area contributed by atoms with Crippen LogP contribution in [0.4, 0.5) is 0 Å². The van der Waals surface area contributed by atoms with Crippen LogP contribution in [0.2, 0.25) is 0 Å². The van der Waals surface area contributed by atoms with E-state index in [1.165, 1.54) is 17.1 Å². The number of nitrogens with one attached hydrogen (secondary N) is 1. The highest BCUT2D eigenvalue weighted by Crippen LogP contribution is 2.18. The molecule has 2 rings (SSSR count). The van der Waals surface area contributed by atoms with Crippen LogP contribution in [-0.2, 0) is 14.8 Å². The summed E-state index contributed by atoms with van der Waals surface area (Å²) in [5.74, 6) is -0.209. The van der Waals surface area contributed by atoms with Crippen LogP contribution in [0.1, 0.15) is 51.0 Å². The molecule has 0 bridgehead atoms. The van der Waals surface area contributed by atoms with Crippen LogP contribution in [0.15, 0.2) is 29.2 Å². The van der Waals surface area contributed by atoms with E-state index in [-0.39, 0.29) is 29.9 Å². The van der Waals surface area contributed by atoms with E-state index in [1.807, 2.05) is 6.92 Å². The molecule has 1 aromatic carbocycles. The van der Waals surface area contributed by atoms with E-state index in [0.717, 1.165) is 31.2 Å². The molecule has 0 heterocycles. The van der Waals surface area contributed by atoms with Crippen molar-refractivity contribution < 1.29 is 13.2 Å². The van der Waals surface area contributed by atoms with Crippen molar-refractivity contribution in [3.63, 3.8) is 0 Å². The minimum Gasteiger partial charge on any atom is -0.352 e. The lowest BCUT2D eigenvalue weighted by Gasteiger charge is -2.22. The Morgan fingerprint density at radius 2 is 1.71 bits per heavy atom. The summed E-state index contributed by atoms with van der Waals surface area (Å²) in [5, 5.41) is 3.01. The van der Waals surface area contributed by atoms with Crippen molar-refractivity contribution in [2.45, 2.75) is 63.3 Å². The number of hydrogen-bond acceptors (Lipinski definition) is 3. The van der Waals surface area contributed by atoms with Crippen molar-refractivity contribution in [1.82, 2.24) is 9.62 Å². The Hall–Kier alpha value is -1.40. The van der Waals surface area contributed by atoms with E-state index in [4.69, 9.17) is 0 Å². The smallest absolute Gasteiger partial charge is 0.243 e. The van der Waals surface area contributed by atoms with Gasteiger partial charge in [0.05, 0.1) is 11.4 Å². The summed E-state index contributed by atoms with van der Waals surface area (Å²) >= 11 is 0. The minimum absolute atomic E-state index is 0.122. The second kappa shape index (κ2) is 8.62. The van der Waals surface area contributed by atoms with E-state index in [2.05, 4.69) is 5.32 Å². The molecule has 1 saturated carbocycles. The molecule has 6 heteroatoms. The number of benzene rings is 1. The van der Waals surface area contributed by atoms with Crippen LogP contribution in [0.3, 0.4) is 0 Å². The van der Waals surface area contributed by atoms with Gasteiger partial charge in [-0.05, 0) is 31.9 Å². The van der Waals surface area contributed by atoms with Gasteiger partial charge in [0.2, 0.25) is 15.9 Å². The van der Waals surface area contributed by atoms with Gasteiger partial charge in [-0.25, -0.2) is 8.42 Å². The quantitative estimate of drug-likeness (QED) is 0.801. The zero-order chi connectivity index (χ0) is 17.6. The molecule has 0 radical (unpaired) electrons. The number of amides is 1. The van der Waals surface area contributed by atoms with Crippen LogP contribution in [-0.4, -0.2) is 37.8 Å². The van der Waals surface area contributed by atoms with Crippen LogP contribution in [0.25, 0.3) is 0 Å². The van der Waals surface area contributed by atoms with E-state index >= 15 is 0 Å². The maximum absolute atomic E-state index is 12.7. The van der Waals surface area contributed by atoms with Crippen LogP contribution < -0.4 is 5.32 Å². The number of carbonyl (C=O) groups excluding carboxylic acids is 1. The Morgan fingerprint density at radius 3 is 2.25 bits per heavy atom. The lowest BCUT2D eigenvalue weighted by atomic mass is 10.1. The molecule has 1 amide bonds. The molecule has 0 unspecified atom stereocenters. The number of likely N-dealkylation sites (N-methyl/N-ethyl adjacent to an activating group) is 1. The first kappa shape index (κ1) is 18.9. The summed E-state index contributed by atoms with van der Waals surface area (Å²) < 4.78 is 26.6. The number of hydrogen-bond donors (Lipinski definition) is 1. The highest BCUT2D eigenvalue weighted by molar-refractivity contribution is 7.89. The molecule has 1 N–H and O–H groups in total. The molecule has 0 spiro atoms. The zero-order valence-corrected chi connectivity index (χ0v) is 15.4. The molecule has 1 aliphatic carbocycles. The summed E-state index contributed by atoms with van der Waals surface area (Å²) in [6.45, 7) is 3.82. The third-order valence-electron chi connectivity index (χ3n) is 4.55. The van der Waals surface area contributed by atoms with Gasteiger partial charge in [0, 0.05) is 12.6 Å². The van der Waals surface area contributed by atoms with Gasteiger partial charge in [0.15, 0.2) is 0 Å². The molecule has 24 heavy (non-hydrogen) atoms. The van der Waals surface area contributed by atoms with Gasteiger partial charge in [-0.1, -0.05) is 50.3 Å². The van der Waals surface area contributed by atoms with Gasteiger partial charge in [0.1, 0.15) is 0 Å². The van der Waals surface area contributed by atoms with Crippen LogP contribution >= 0.6 is 0 Å². The second-order valence-electron chi connectivity index (χ2n) is 6.50. The third kappa shape index (κ3) is 5.05. The van der Waals surface area contributed by atoms with Gasteiger partial charge < -0.3 is 5.32 Å². The number of carbonyl (C=O) groups is 1. The van der Waals surface area contributed by atoms with Crippen molar-refractivity contribution in [2.75, 3.05) is 13.1 Å². The molecule has 1 aromatic rings. The van der Waals surface area contributed by atoms with Gasteiger partial charge in [-0.2, -0.15) is 4.31 Å². The molecule has 0 aliphatic heterocycles. The average molecular weight is 353 g/mol. The zero-order valence-electron chi connectivity index (χ0n) is 14.6. The predicted octanol–water partition coefficient (Wildman–Crippen LogP) is 2.84. The van der Waals surface area contributed by atoms with Gasteiger partial charge in [-0.3, -0.25) is 4.79 Å². The first-order valence-corrected chi connectivity index (χ1v) is 10.2. The Labute approximate surface area is 145 Å². The molecule has 0 saturated heterocycles. The normalized spacial score (nSPS) is 16.8. The molecule has 1 fully saturated rings. The molecular formula is C18H28N2O3S. The Kier molecular flexibility index (Phi) is 6.80. The molecular weight excluding hydrogens is 324 g/mol. The summed E-state index contributed by atoms with van der Waals surface area (Å²) in [7, 11) is -3.64. The van der Waals surface area contributed by atoms with Crippen molar-refractivity contribution in [1.29, 1.82) is 0 Å². The summed E-state index contributed by atoms with van der Waals surface area (Å²) in [5.41, 5.74) is 1.00. The summed E-state index contributed by atoms with van der Waals surface area (Å²) in [6.07, 6.45) is 6.67. The number of aryl methyl sites for hydroxylation is 1. The molecule has 5 nitrogen and oxygen atoms in total. The predicted molar refractivity (Wildman–Crippen MR) is 95.2 cm³/mol. The first-order chi connectivity index (χ1) is 11.4. The van der Waals surface area contributed by atoms with Crippen molar-refractivity contribution in [2.24, 2.45) is 0 Å². The molecule has 1 aliphatic rings.